The number of hydrogen-bond acceptors (Lipinski definition) is 8. The Morgan fingerprint density at radius 2 is 1.27 bits per heavy atom. The number of para-hydroxylation sites is 2. The van der Waals surface area contributed by atoms with Gasteiger partial charge in [0.2, 0.25) is 35.4 Å². The number of amides is 6. The van der Waals surface area contributed by atoms with Crippen LogP contribution in [0.4, 0.5) is 0 Å². The van der Waals surface area contributed by atoms with Gasteiger partial charge in [-0.15, -0.1) is 0 Å². The monoisotopic (exact) mass is 859 g/mol. The topological polar surface area (TPSA) is 232 Å². The largest absolute Gasteiger partial charge is 0.361 e. The third-order valence-corrected chi connectivity index (χ3v) is 14.4. The van der Waals surface area contributed by atoms with Crippen molar-refractivity contribution in [3.05, 3.63) is 72.1 Å². The van der Waals surface area contributed by atoms with Crippen LogP contribution in [0.3, 0.4) is 0 Å². The molecular weight excluding hydrogens is 803 g/mol. The summed E-state index contributed by atoms with van der Waals surface area (Å²) in [6.07, 6.45) is 8.52. The SMILES string of the molecule is NCC[C@@H]1NC(=O)[C@H](Cc2c[nH]c3ccccc23)NC(=O)C2(CCC(=O)CC2)NC(=O)[C@H](Cc2c[nH]c3ccccc23)NC(=O)[C@H]2C[C@H]3CCCC[C@H]3N2C(=O)[C@H]2CCCN2C1=O. The van der Waals surface area contributed by atoms with Crippen molar-refractivity contribution in [2.45, 2.75) is 132 Å². The Bertz CT molecular complexity index is 2430. The van der Waals surface area contributed by atoms with E-state index >= 15 is 4.79 Å². The number of nitrogens with one attached hydrogen (secondary N) is 6. The molecule has 5 fully saturated rings. The molecule has 4 aromatic rings. The van der Waals surface area contributed by atoms with Crippen molar-refractivity contribution in [3.8, 4) is 0 Å². The van der Waals surface area contributed by atoms with E-state index in [1.165, 1.54) is 4.90 Å². The van der Waals surface area contributed by atoms with Crippen molar-refractivity contribution < 1.29 is 33.6 Å². The van der Waals surface area contributed by atoms with E-state index in [1.807, 2.05) is 48.5 Å². The van der Waals surface area contributed by atoms with E-state index < -0.39 is 65.3 Å². The summed E-state index contributed by atoms with van der Waals surface area (Å²) in [5.74, 6) is -3.12. The van der Waals surface area contributed by atoms with Crippen LogP contribution >= 0.6 is 0 Å². The summed E-state index contributed by atoms with van der Waals surface area (Å²) in [4.78, 5) is 112. The average molecular weight is 860 g/mol. The molecule has 1 spiro atoms. The van der Waals surface area contributed by atoms with Gasteiger partial charge in [0.25, 0.3) is 0 Å². The number of nitrogens with zero attached hydrogens (tertiary/aromatic N) is 2. The third kappa shape index (κ3) is 8.20. The molecule has 9 rings (SSSR count). The molecule has 16 heteroatoms. The quantitative estimate of drug-likeness (QED) is 0.152. The van der Waals surface area contributed by atoms with Gasteiger partial charge in [0.15, 0.2) is 0 Å². The number of Topliss-reactive ketones (excluding diaryl/α,β-unsaturated/α-hetero) is 1. The fourth-order valence-corrected chi connectivity index (χ4v) is 11.1. The van der Waals surface area contributed by atoms with Crippen molar-refractivity contribution in [1.29, 1.82) is 0 Å². The molecule has 7 atom stereocenters. The van der Waals surface area contributed by atoms with E-state index in [0.29, 0.717) is 19.3 Å². The van der Waals surface area contributed by atoms with Crippen LogP contribution in [0.2, 0.25) is 0 Å². The number of ketones is 1. The Kier molecular flexibility index (Phi) is 11.8. The summed E-state index contributed by atoms with van der Waals surface area (Å²) >= 11 is 0. The molecule has 63 heavy (non-hydrogen) atoms. The minimum Gasteiger partial charge on any atom is -0.361 e. The minimum atomic E-state index is -1.63. The second kappa shape index (κ2) is 17.6. The first-order valence-corrected chi connectivity index (χ1v) is 22.7. The van der Waals surface area contributed by atoms with Crippen LogP contribution in [0.25, 0.3) is 21.8 Å². The molecule has 0 unspecified atom stereocenters. The molecule has 0 bridgehead atoms. The number of aromatic nitrogens is 2. The second-order valence-corrected chi connectivity index (χ2v) is 18.3. The van der Waals surface area contributed by atoms with Crippen molar-refractivity contribution in [1.82, 2.24) is 41.0 Å². The number of rotatable bonds is 6. The molecular formula is C47H57N9O7. The molecule has 2 aliphatic carbocycles. The lowest BCUT2D eigenvalue weighted by molar-refractivity contribution is -0.150. The number of fused-ring (bicyclic) bond motifs is 6. The van der Waals surface area contributed by atoms with E-state index in [0.717, 1.165) is 58.6 Å². The van der Waals surface area contributed by atoms with Gasteiger partial charge in [-0.1, -0.05) is 49.2 Å². The van der Waals surface area contributed by atoms with Gasteiger partial charge in [-0.3, -0.25) is 33.6 Å². The Hall–Kier alpha value is -6.03. The van der Waals surface area contributed by atoms with Crippen molar-refractivity contribution >= 4 is 63.0 Å². The highest BCUT2D eigenvalue weighted by atomic mass is 16.2. The first-order chi connectivity index (χ1) is 30.5. The smallest absolute Gasteiger partial charge is 0.246 e. The normalized spacial score (nSPS) is 28.5. The molecule has 2 aromatic carbocycles. The predicted octanol–water partition coefficient (Wildman–Crippen LogP) is 2.40. The summed E-state index contributed by atoms with van der Waals surface area (Å²) in [5.41, 5.74) is 7.62. The van der Waals surface area contributed by atoms with Crippen LogP contribution in [0.5, 0.6) is 0 Å². The number of nitrogens with two attached hydrogens (primary N) is 1. The number of benzene rings is 2. The van der Waals surface area contributed by atoms with Gasteiger partial charge in [0, 0.05) is 72.5 Å². The number of H-pyrrole nitrogens is 2. The summed E-state index contributed by atoms with van der Waals surface area (Å²) in [7, 11) is 0. The van der Waals surface area contributed by atoms with Gasteiger partial charge < -0.3 is 46.8 Å². The lowest BCUT2D eigenvalue weighted by Crippen LogP contribution is -2.67. The Morgan fingerprint density at radius 3 is 1.94 bits per heavy atom. The standard InChI is InChI=1S/C47H57N9O7/c48-20-17-35-44(61)55-21-7-14-39(55)45(62)56-38-13-6-1-8-27(38)24-40(56)43(60)52-37(23-29-26-50-34-12-5-3-10-32(29)34)42(59)54-47(18-15-30(57)16-19-47)46(63)53-36(41(58)51-35)22-28-25-49-33-11-4-2-9-31(28)33/h2-5,9-12,25-27,35-40,49-50H,1,6-8,13-24,48H2,(H,51,58)(H,52,60)(H,53,63)(H,54,59)/t27-,35+,36+,37+,38-,39-,40-/m1/s1. The highest BCUT2D eigenvalue weighted by Crippen LogP contribution is 2.41. The molecule has 3 aliphatic heterocycles. The fourth-order valence-electron chi connectivity index (χ4n) is 11.1. The zero-order valence-corrected chi connectivity index (χ0v) is 35.5. The van der Waals surface area contributed by atoms with Crippen LogP contribution in [-0.4, -0.2) is 116 Å². The first kappa shape index (κ1) is 42.3. The molecule has 332 valence electrons. The summed E-state index contributed by atoms with van der Waals surface area (Å²) < 4.78 is 0. The predicted molar refractivity (Wildman–Crippen MR) is 234 cm³/mol. The van der Waals surface area contributed by atoms with Gasteiger partial charge in [0.05, 0.1) is 0 Å². The number of carbonyl (C=O) groups excluding carboxylic acids is 7. The Labute approximate surface area is 365 Å². The Morgan fingerprint density at radius 1 is 0.651 bits per heavy atom. The average Bonchev–Trinajstić information content (AvgIpc) is 4.11. The maximum Gasteiger partial charge on any atom is 0.246 e. The highest BCUT2D eigenvalue weighted by molar-refractivity contribution is 6.01. The highest BCUT2D eigenvalue weighted by Gasteiger charge is 2.52. The fraction of sp³-hybridized carbons (Fsp3) is 0.511. The maximum absolute atomic E-state index is 15.0. The van der Waals surface area contributed by atoms with Crippen molar-refractivity contribution in [2.24, 2.45) is 11.7 Å². The molecule has 2 saturated carbocycles. The summed E-state index contributed by atoms with van der Waals surface area (Å²) in [6, 6.07) is 9.71. The first-order valence-electron chi connectivity index (χ1n) is 22.7. The van der Waals surface area contributed by atoms with E-state index in [9.17, 15) is 28.8 Å². The van der Waals surface area contributed by atoms with Gasteiger partial charge >= 0.3 is 0 Å². The van der Waals surface area contributed by atoms with E-state index in [2.05, 4.69) is 31.2 Å². The molecule has 5 aliphatic rings. The lowest BCUT2D eigenvalue weighted by Gasteiger charge is -2.39. The van der Waals surface area contributed by atoms with Crippen molar-refractivity contribution in [3.63, 3.8) is 0 Å². The van der Waals surface area contributed by atoms with E-state index in [1.54, 1.807) is 17.3 Å². The van der Waals surface area contributed by atoms with E-state index in [4.69, 9.17) is 5.73 Å². The van der Waals surface area contributed by atoms with Crippen molar-refractivity contribution in [2.75, 3.05) is 13.1 Å². The molecule has 3 saturated heterocycles. The number of carbonyl (C=O) groups is 7. The minimum absolute atomic E-state index is 0.0124. The summed E-state index contributed by atoms with van der Waals surface area (Å²) in [6.45, 7) is 0.345. The number of aromatic amines is 2. The third-order valence-electron chi connectivity index (χ3n) is 14.4. The molecule has 5 heterocycles. The molecule has 16 nitrogen and oxygen atoms in total. The van der Waals surface area contributed by atoms with Gasteiger partial charge in [0.1, 0.15) is 41.5 Å². The molecule has 6 amide bonds. The van der Waals surface area contributed by atoms with Gasteiger partial charge in [-0.05, 0) is 87.1 Å². The van der Waals surface area contributed by atoms with Crippen LogP contribution in [0, 0.1) is 5.92 Å². The summed E-state index contributed by atoms with van der Waals surface area (Å²) in [5, 5.41) is 13.7. The van der Waals surface area contributed by atoms with E-state index in [-0.39, 0.29) is 81.7 Å². The second-order valence-electron chi connectivity index (χ2n) is 18.3. The van der Waals surface area contributed by atoms with Crippen LogP contribution in [0.15, 0.2) is 60.9 Å². The van der Waals surface area contributed by atoms with Crippen LogP contribution in [-0.2, 0) is 46.4 Å². The van der Waals surface area contributed by atoms with Crippen LogP contribution < -0.4 is 27.0 Å². The number of hydrogen-bond donors (Lipinski definition) is 7. The van der Waals surface area contributed by atoms with Gasteiger partial charge in [-0.2, -0.15) is 0 Å². The Balaban J connectivity index is 1.13. The van der Waals surface area contributed by atoms with Crippen LogP contribution in [0.1, 0.15) is 88.2 Å². The molecule has 8 N–H and O–H groups in total. The lowest BCUT2D eigenvalue weighted by atomic mass is 9.79. The zero-order valence-electron chi connectivity index (χ0n) is 35.5. The zero-order chi connectivity index (χ0) is 43.8. The van der Waals surface area contributed by atoms with Gasteiger partial charge in [-0.25, -0.2) is 0 Å². The molecule has 0 radical (unpaired) electrons. The maximum atomic E-state index is 15.0. The molecule has 2 aromatic heterocycles.